The third kappa shape index (κ3) is 3.82. The maximum absolute atomic E-state index is 13.3. The SMILES string of the molecule is CCOc1ccc(N2C(=O)CC(N(C(=O)C3CC3)C(C)c3ccccc3)C2=O)cc1. The molecule has 6 nitrogen and oxygen atoms in total. The van der Waals surface area contributed by atoms with Gasteiger partial charge in [-0.2, -0.15) is 0 Å². The van der Waals surface area contributed by atoms with Gasteiger partial charge in [-0.05, 0) is 56.5 Å². The molecule has 1 saturated carbocycles. The summed E-state index contributed by atoms with van der Waals surface area (Å²) in [6.07, 6.45) is 1.68. The average Bonchev–Trinajstić information content (AvgIpc) is 3.56. The quantitative estimate of drug-likeness (QED) is 0.658. The normalized spacial score (nSPS) is 19.7. The molecule has 6 heteroatoms. The first kappa shape index (κ1) is 20.1. The average molecular weight is 406 g/mol. The van der Waals surface area contributed by atoms with Crippen LogP contribution in [0.15, 0.2) is 54.6 Å². The van der Waals surface area contributed by atoms with Gasteiger partial charge in [-0.3, -0.25) is 14.4 Å². The Kier molecular flexibility index (Phi) is 5.57. The summed E-state index contributed by atoms with van der Waals surface area (Å²) in [4.78, 5) is 42.1. The molecule has 2 aliphatic rings. The van der Waals surface area contributed by atoms with Gasteiger partial charge >= 0.3 is 0 Å². The third-order valence-electron chi connectivity index (χ3n) is 5.74. The molecule has 2 fully saturated rings. The lowest BCUT2D eigenvalue weighted by molar-refractivity contribution is -0.142. The number of imide groups is 1. The van der Waals surface area contributed by atoms with Crippen molar-refractivity contribution >= 4 is 23.4 Å². The minimum Gasteiger partial charge on any atom is -0.494 e. The van der Waals surface area contributed by atoms with Crippen molar-refractivity contribution in [2.75, 3.05) is 11.5 Å². The number of hydrogen-bond donors (Lipinski definition) is 0. The van der Waals surface area contributed by atoms with Crippen molar-refractivity contribution in [2.45, 2.75) is 45.2 Å². The minimum atomic E-state index is -0.785. The van der Waals surface area contributed by atoms with E-state index in [0.29, 0.717) is 18.0 Å². The molecule has 2 unspecified atom stereocenters. The highest BCUT2D eigenvalue weighted by Gasteiger charge is 2.48. The third-order valence-corrected chi connectivity index (χ3v) is 5.74. The number of rotatable bonds is 7. The second kappa shape index (κ2) is 8.30. The molecule has 2 atom stereocenters. The number of carbonyl (C=O) groups excluding carboxylic acids is 3. The summed E-state index contributed by atoms with van der Waals surface area (Å²) in [6.45, 7) is 4.36. The van der Waals surface area contributed by atoms with Crippen LogP contribution in [0, 0.1) is 5.92 Å². The largest absolute Gasteiger partial charge is 0.494 e. The molecule has 0 spiro atoms. The Balaban J connectivity index is 1.62. The molecule has 0 aromatic heterocycles. The van der Waals surface area contributed by atoms with Gasteiger partial charge in [-0.25, -0.2) is 4.90 Å². The monoisotopic (exact) mass is 406 g/mol. The number of ether oxygens (including phenoxy) is 1. The van der Waals surface area contributed by atoms with E-state index in [4.69, 9.17) is 4.74 Å². The van der Waals surface area contributed by atoms with Gasteiger partial charge in [0, 0.05) is 5.92 Å². The zero-order valence-corrected chi connectivity index (χ0v) is 17.3. The molecule has 156 valence electrons. The molecular formula is C24H26N2O4. The highest BCUT2D eigenvalue weighted by Crippen LogP contribution is 2.38. The summed E-state index contributed by atoms with van der Waals surface area (Å²) in [5.41, 5.74) is 1.45. The van der Waals surface area contributed by atoms with E-state index in [1.165, 1.54) is 4.90 Å². The number of nitrogens with zero attached hydrogens (tertiary/aromatic N) is 2. The second-order valence-electron chi connectivity index (χ2n) is 7.82. The molecule has 2 aromatic carbocycles. The topological polar surface area (TPSA) is 66.9 Å². The van der Waals surface area contributed by atoms with E-state index in [0.717, 1.165) is 18.4 Å². The molecule has 4 rings (SSSR count). The Morgan fingerprint density at radius 1 is 1.10 bits per heavy atom. The van der Waals surface area contributed by atoms with Crippen LogP contribution in [0.1, 0.15) is 44.7 Å². The van der Waals surface area contributed by atoms with Gasteiger partial charge in [0.15, 0.2) is 0 Å². The highest BCUT2D eigenvalue weighted by molar-refractivity contribution is 6.23. The van der Waals surface area contributed by atoms with Gasteiger partial charge in [0.1, 0.15) is 11.8 Å². The van der Waals surface area contributed by atoms with Crippen molar-refractivity contribution in [3.8, 4) is 5.75 Å². The number of anilines is 1. The molecule has 3 amide bonds. The van der Waals surface area contributed by atoms with Gasteiger partial charge in [0.05, 0.1) is 24.8 Å². The van der Waals surface area contributed by atoms with Gasteiger partial charge < -0.3 is 9.64 Å². The van der Waals surface area contributed by atoms with Crippen molar-refractivity contribution in [3.05, 3.63) is 60.2 Å². The van der Waals surface area contributed by atoms with Gasteiger partial charge in [0.25, 0.3) is 5.91 Å². The molecule has 0 bridgehead atoms. The number of hydrogen-bond acceptors (Lipinski definition) is 4. The predicted octanol–water partition coefficient (Wildman–Crippen LogP) is 3.72. The molecule has 30 heavy (non-hydrogen) atoms. The maximum atomic E-state index is 13.3. The lowest BCUT2D eigenvalue weighted by atomic mass is 10.0. The van der Waals surface area contributed by atoms with E-state index in [-0.39, 0.29) is 36.1 Å². The van der Waals surface area contributed by atoms with Crippen molar-refractivity contribution in [3.63, 3.8) is 0 Å². The standard InChI is InChI=1S/C24H26N2O4/c1-3-30-20-13-11-19(12-14-20)26-22(27)15-21(24(26)29)25(23(28)18-9-10-18)16(2)17-7-5-4-6-8-17/h4-8,11-14,16,18,21H,3,9-10,15H2,1-2H3. The predicted molar refractivity (Wildman–Crippen MR) is 113 cm³/mol. The van der Waals surface area contributed by atoms with Crippen LogP contribution < -0.4 is 9.64 Å². The van der Waals surface area contributed by atoms with Crippen LogP contribution in [0.4, 0.5) is 5.69 Å². The Hall–Kier alpha value is -3.15. The van der Waals surface area contributed by atoms with Crippen LogP contribution in [0.2, 0.25) is 0 Å². The fraction of sp³-hybridized carbons (Fsp3) is 0.375. The molecule has 1 heterocycles. The maximum Gasteiger partial charge on any atom is 0.257 e. The van der Waals surface area contributed by atoms with Crippen LogP contribution in [-0.4, -0.2) is 35.3 Å². The Morgan fingerprint density at radius 2 is 1.77 bits per heavy atom. The van der Waals surface area contributed by atoms with Crippen molar-refractivity contribution in [1.82, 2.24) is 4.90 Å². The first-order valence-electron chi connectivity index (χ1n) is 10.5. The fourth-order valence-corrected chi connectivity index (χ4v) is 4.01. The van der Waals surface area contributed by atoms with Gasteiger partial charge in [0.2, 0.25) is 11.8 Å². The van der Waals surface area contributed by atoms with Gasteiger partial charge in [-0.1, -0.05) is 30.3 Å². The van der Waals surface area contributed by atoms with Crippen LogP contribution in [0.3, 0.4) is 0 Å². The summed E-state index contributed by atoms with van der Waals surface area (Å²) in [7, 11) is 0. The van der Waals surface area contributed by atoms with E-state index < -0.39 is 6.04 Å². The van der Waals surface area contributed by atoms with E-state index in [2.05, 4.69) is 0 Å². The lowest BCUT2D eigenvalue weighted by Gasteiger charge is -2.34. The van der Waals surface area contributed by atoms with Crippen molar-refractivity contribution in [2.24, 2.45) is 5.92 Å². The fourth-order valence-electron chi connectivity index (χ4n) is 4.01. The van der Waals surface area contributed by atoms with Crippen LogP contribution in [0.25, 0.3) is 0 Å². The number of amides is 3. The Bertz CT molecular complexity index is 937. The summed E-state index contributed by atoms with van der Waals surface area (Å²) in [5, 5.41) is 0. The molecule has 1 aliphatic heterocycles. The number of benzene rings is 2. The van der Waals surface area contributed by atoms with E-state index in [9.17, 15) is 14.4 Å². The first-order chi connectivity index (χ1) is 14.5. The lowest BCUT2D eigenvalue weighted by Crippen LogP contribution is -2.47. The molecule has 1 aliphatic carbocycles. The number of carbonyl (C=O) groups is 3. The van der Waals surface area contributed by atoms with Crippen LogP contribution in [0.5, 0.6) is 5.75 Å². The Morgan fingerprint density at radius 3 is 2.37 bits per heavy atom. The zero-order valence-electron chi connectivity index (χ0n) is 17.3. The first-order valence-corrected chi connectivity index (χ1v) is 10.5. The highest BCUT2D eigenvalue weighted by atomic mass is 16.5. The minimum absolute atomic E-state index is 0.00167. The van der Waals surface area contributed by atoms with Gasteiger partial charge in [-0.15, -0.1) is 0 Å². The van der Waals surface area contributed by atoms with Crippen LogP contribution in [-0.2, 0) is 14.4 Å². The van der Waals surface area contributed by atoms with Crippen molar-refractivity contribution in [1.29, 1.82) is 0 Å². The molecule has 0 radical (unpaired) electrons. The molecule has 1 saturated heterocycles. The summed E-state index contributed by atoms with van der Waals surface area (Å²) in [6, 6.07) is 15.5. The molecule has 2 aromatic rings. The van der Waals surface area contributed by atoms with E-state index >= 15 is 0 Å². The second-order valence-corrected chi connectivity index (χ2v) is 7.82. The summed E-state index contributed by atoms with van der Waals surface area (Å²) >= 11 is 0. The van der Waals surface area contributed by atoms with E-state index in [1.807, 2.05) is 44.2 Å². The molecular weight excluding hydrogens is 380 g/mol. The van der Waals surface area contributed by atoms with Crippen LogP contribution >= 0.6 is 0 Å². The zero-order chi connectivity index (χ0) is 21.3. The summed E-state index contributed by atoms with van der Waals surface area (Å²) in [5.74, 6) is -0.0336. The summed E-state index contributed by atoms with van der Waals surface area (Å²) < 4.78 is 5.44. The Labute approximate surface area is 176 Å². The van der Waals surface area contributed by atoms with E-state index in [1.54, 1.807) is 29.2 Å². The smallest absolute Gasteiger partial charge is 0.257 e. The molecule has 0 N–H and O–H groups in total. The van der Waals surface area contributed by atoms with Crippen molar-refractivity contribution < 1.29 is 19.1 Å².